The van der Waals surface area contributed by atoms with Crippen LogP contribution in [0.1, 0.15) is 25.3 Å². The third-order valence-electron chi connectivity index (χ3n) is 4.53. The highest BCUT2D eigenvalue weighted by atomic mass is 16.5. The fraction of sp³-hybridized carbons (Fsp3) is 0.611. The monoisotopic (exact) mass is 336 g/mol. The number of hydrogen-bond acceptors (Lipinski definition) is 5. The Balaban J connectivity index is 1.98. The first kappa shape index (κ1) is 18.4. The van der Waals surface area contributed by atoms with Crippen molar-refractivity contribution in [1.29, 1.82) is 0 Å². The zero-order valence-corrected chi connectivity index (χ0v) is 15.1. The first-order valence-electron chi connectivity index (χ1n) is 8.42. The molecule has 1 aliphatic heterocycles. The molecule has 1 aromatic rings. The second-order valence-corrected chi connectivity index (χ2v) is 5.94. The van der Waals surface area contributed by atoms with Gasteiger partial charge in [-0.3, -0.25) is 9.69 Å². The number of ether oxygens (including phenoxy) is 3. The summed E-state index contributed by atoms with van der Waals surface area (Å²) in [5, 5.41) is 3.05. The number of carbonyl (C=O) groups is 1. The van der Waals surface area contributed by atoms with Crippen LogP contribution >= 0.6 is 0 Å². The maximum atomic E-state index is 12.3. The molecule has 2 rings (SSSR count). The molecule has 134 valence electrons. The zero-order chi connectivity index (χ0) is 17.5. The van der Waals surface area contributed by atoms with E-state index in [2.05, 4.69) is 17.1 Å². The van der Waals surface area contributed by atoms with Crippen molar-refractivity contribution in [1.82, 2.24) is 10.2 Å². The Morgan fingerprint density at radius 1 is 1.21 bits per heavy atom. The molecule has 0 aliphatic carbocycles. The molecule has 1 heterocycles. The summed E-state index contributed by atoms with van der Waals surface area (Å²) in [6, 6.07) is 4.09. The van der Waals surface area contributed by atoms with Crippen molar-refractivity contribution < 1.29 is 19.0 Å². The number of methoxy groups -OCH3 is 3. The second-order valence-electron chi connectivity index (χ2n) is 5.94. The first-order valence-corrected chi connectivity index (χ1v) is 8.42. The standard InChI is InChI=1S/C18H28N2O4/c1-5-20-8-6-7-14(20)12-19-17(21)11-13-9-15(22-2)18(24-4)16(10-13)23-3/h9-10,14H,5-8,11-12H2,1-4H3,(H,19,21). The highest BCUT2D eigenvalue weighted by Gasteiger charge is 2.23. The maximum Gasteiger partial charge on any atom is 0.224 e. The zero-order valence-electron chi connectivity index (χ0n) is 15.1. The lowest BCUT2D eigenvalue weighted by atomic mass is 10.1. The summed E-state index contributed by atoms with van der Waals surface area (Å²) in [6.45, 7) is 5.03. The molecule has 1 fully saturated rings. The minimum atomic E-state index is 0.00669. The summed E-state index contributed by atoms with van der Waals surface area (Å²) in [5.41, 5.74) is 0.834. The van der Waals surface area contributed by atoms with Gasteiger partial charge in [-0.2, -0.15) is 0 Å². The molecule has 1 aromatic carbocycles. The highest BCUT2D eigenvalue weighted by molar-refractivity contribution is 5.79. The largest absolute Gasteiger partial charge is 0.493 e. The van der Waals surface area contributed by atoms with Crippen LogP contribution in [-0.4, -0.2) is 57.8 Å². The van der Waals surface area contributed by atoms with Crippen molar-refractivity contribution >= 4 is 5.91 Å². The fourth-order valence-electron chi connectivity index (χ4n) is 3.26. The van der Waals surface area contributed by atoms with Crippen LogP contribution in [-0.2, 0) is 11.2 Å². The minimum Gasteiger partial charge on any atom is -0.493 e. The molecule has 0 aromatic heterocycles. The predicted molar refractivity (Wildman–Crippen MR) is 93.1 cm³/mol. The van der Waals surface area contributed by atoms with E-state index in [1.165, 1.54) is 6.42 Å². The van der Waals surface area contributed by atoms with Crippen LogP contribution in [0.2, 0.25) is 0 Å². The quantitative estimate of drug-likeness (QED) is 0.785. The summed E-state index contributed by atoms with van der Waals surface area (Å²) in [7, 11) is 4.70. The van der Waals surface area contributed by atoms with Crippen molar-refractivity contribution in [2.24, 2.45) is 0 Å². The predicted octanol–water partition coefficient (Wildman–Crippen LogP) is 1.86. The minimum absolute atomic E-state index is 0.00669. The van der Waals surface area contributed by atoms with Gasteiger partial charge in [-0.15, -0.1) is 0 Å². The molecule has 0 bridgehead atoms. The van der Waals surface area contributed by atoms with Gasteiger partial charge in [0.05, 0.1) is 27.8 Å². The van der Waals surface area contributed by atoms with E-state index in [1.54, 1.807) is 21.3 Å². The third kappa shape index (κ3) is 4.32. The third-order valence-corrected chi connectivity index (χ3v) is 4.53. The number of carbonyl (C=O) groups excluding carboxylic acids is 1. The Hall–Kier alpha value is -1.95. The average molecular weight is 336 g/mol. The van der Waals surface area contributed by atoms with Crippen LogP contribution in [0.15, 0.2) is 12.1 Å². The Labute approximate surface area is 144 Å². The van der Waals surface area contributed by atoms with Gasteiger partial charge < -0.3 is 19.5 Å². The summed E-state index contributed by atoms with van der Waals surface area (Å²) < 4.78 is 16.0. The van der Waals surface area contributed by atoms with E-state index in [4.69, 9.17) is 14.2 Å². The Morgan fingerprint density at radius 2 is 1.88 bits per heavy atom. The molecule has 1 unspecified atom stereocenters. The van der Waals surface area contributed by atoms with Gasteiger partial charge in [-0.25, -0.2) is 0 Å². The number of rotatable bonds is 8. The molecule has 0 spiro atoms. The lowest BCUT2D eigenvalue weighted by Crippen LogP contribution is -2.40. The molecule has 24 heavy (non-hydrogen) atoms. The van der Waals surface area contributed by atoms with Crippen LogP contribution in [0.3, 0.4) is 0 Å². The molecule has 0 radical (unpaired) electrons. The average Bonchev–Trinajstić information content (AvgIpc) is 3.06. The Morgan fingerprint density at radius 3 is 2.42 bits per heavy atom. The van der Waals surface area contributed by atoms with E-state index < -0.39 is 0 Å². The molecule has 1 aliphatic rings. The maximum absolute atomic E-state index is 12.3. The molecule has 1 atom stereocenters. The molecular formula is C18H28N2O4. The van der Waals surface area contributed by atoms with E-state index in [-0.39, 0.29) is 12.3 Å². The number of benzene rings is 1. The smallest absolute Gasteiger partial charge is 0.224 e. The van der Waals surface area contributed by atoms with Crippen LogP contribution < -0.4 is 19.5 Å². The number of likely N-dealkylation sites (N-methyl/N-ethyl adjacent to an activating group) is 1. The van der Waals surface area contributed by atoms with Gasteiger partial charge in [0.15, 0.2) is 11.5 Å². The molecule has 1 saturated heterocycles. The van der Waals surface area contributed by atoms with Crippen molar-refractivity contribution in [3.8, 4) is 17.2 Å². The van der Waals surface area contributed by atoms with Gasteiger partial charge in [0, 0.05) is 12.6 Å². The molecule has 6 heteroatoms. The summed E-state index contributed by atoms with van der Waals surface area (Å²) in [5.74, 6) is 1.67. The second kappa shape index (κ2) is 8.78. The van der Waals surface area contributed by atoms with Gasteiger partial charge in [0.25, 0.3) is 0 Å². The fourth-order valence-corrected chi connectivity index (χ4v) is 3.26. The first-order chi connectivity index (χ1) is 11.6. The number of amides is 1. The molecule has 1 amide bonds. The van der Waals surface area contributed by atoms with Crippen LogP contribution in [0, 0.1) is 0 Å². The Bertz CT molecular complexity index is 537. The summed E-state index contributed by atoms with van der Waals surface area (Å²) >= 11 is 0. The van der Waals surface area contributed by atoms with Crippen LogP contribution in [0.25, 0.3) is 0 Å². The number of hydrogen-bond donors (Lipinski definition) is 1. The van der Waals surface area contributed by atoms with E-state index in [1.807, 2.05) is 12.1 Å². The lowest BCUT2D eigenvalue weighted by molar-refractivity contribution is -0.120. The van der Waals surface area contributed by atoms with Crippen LogP contribution in [0.5, 0.6) is 17.2 Å². The van der Waals surface area contributed by atoms with Gasteiger partial charge in [0.1, 0.15) is 0 Å². The summed E-state index contributed by atoms with van der Waals surface area (Å²) in [4.78, 5) is 14.7. The number of nitrogens with zero attached hydrogens (tertiary/aromatic N) is 1. The number of likely N-dealkylation sites (tertiary alicyclic amines) is 1. The van der Waals surface area contributed by atoms with E-state index >= 15 is 0 Å². The molecular weight excluding hydrogens is 308 g/mol. The van der Waals surface area contributed by atoms with E-state index in [9.17, 15) is 4.79 Å². The van der Waals surface area contributed by atoms with Crippen LogP contribution in [0.4, 0.5) is 0 Å². The van der Waals surface area contributed by atoms with Crippen molar-refractivity contribution in [2.75, 3.05) is 41.0 Å². The molecule has 1 N–H and O–H groups in total. The Kier molecular flexibility index (Phi) is 6.73. The SMILES string of the molecule is CCN1CCCC1CNC(=O)Cc1cc(OC)c(OC)c(OC)c1. The topological polar surface area (TPSA) is 60.0 Å². The van der Waals surface area contributed by atoms with Crippen molar-refractivity contribution in [3.63, 3.8) is 0 Å². The van der Waals surface area contributed by atoms with Crippen molar-refractivity contribution in [3.05, 3.63) is 17.7 Å². The molecule has 0 saturated carbocycles. The normalized spacial score (nSPS) is 17.6. The van der Waals surface area contributed by atoms with Crippen molar-refractivity contribution in [2.45, 2.75) is 32.2 Å². The van der Waals surface area contributed by atoms with Gasteiger partial charge >= 0.3 is 0 Å². The van der Waals surface area contributed by atoms with Gasteiger partial charge in [-0.05, 0) is 43.6 Å². The summed E-state index contributed by atoms with van der Waals surface area (Å²) in [6.07, 6.45) is 2.65. The van der Waals surface area contributed by atoms with Gasteiger partial charge in [0.2, 0.25) is 11.7 Å². The van der Waals surface area contributed by atoms with E-state index in [0.29, 0.717) is 29.8 Å². The molecule has 6 nitrogen and oxygen atoms in total. The van der Waals surface area contributed by atoms with E-state index in [0.717, 1.165) is 25.1 Å². The van der Waals surface area contributed by atoms with Gasteiger partial charge in [-0.1, -0.05) is 6.92 Å². The lowest BCUT2D eigenvalue weighted by Gasteiger charge is -2.23. The highest BCUT2D eigenvalue weighted by Crippen LogP contribution is 2.38. The number of nitrogens with one attached hydrogen (secondary N) is 1.